The fourth-order valence-electron chi connectivity index (χ4n) is 2.98. The molecular formula is C16H18ClN3. The van der Waals surface area contributed by atoms with Crippen molar-refractivity contribution in [3.8, 4) is 5.69 Å². The molecule has 0 atom stereocenters. The summed E-state index contributed by atoms with van der Waals surface area (Å²) < 4.78 is 1.85. The second kappa shape index (κ2) is 4.81. The third-order valence-corrected chi connectivity index (χ3v) is 4.61. The largest absolute Gasteiger partial charge is 0.380 e. The van der Waals surface area contributed by atoms with Crippen molar-refractivity contribution in [3.05, 3.63) is 41.7 Å². The van der Waals surface area contributed by atoms with Crippen LogP contribution in [-0.2, 0) is 0 Å². The predicted molar refractivity (Wildman–Crippen MR) is 81.4 cm³/mol. The van der Waals surface area contributed by atoms with Crippen LogP contribution in [0, 0.1) is 11.8 Å². The number of halogens is 1. The minimum Gasteiger partial charge on any atom is -0.380 e. The number of anilines is 1. The van der Waals surface area contributed by atoms with Crippen LogP contribution in [0.3, 0.4) is 0 Å². The van der Waals surface area contributed by atoms with Gasteiger partial charge in [-0.05, 0) is 55.7 Å². The average molecular weight is 288 g/mol. The first kappa shape index (κ1) is 12.3. The molecule has 0 saturated heterocycles. The number of rotatable bonds is 5. The molecule has 0 amide bonds. The highest BCUT2D eigenvalue weighted by Gasteiger charge is 2.41. The Kier molecular flexibility index (Phi) is 2.95. The molecule has 3 nitrogen and oxygen atoms in total. The molecular weight excluding hydrogens is 270 g/mol. The number of nitrogens with zero attached hydrogens (tertiary/aromatic N) is 2. The Morgan fingerprint density at radius 3 is 2.50 bits per heavy atom. The quantitative estimate of drug-likeness (QED) is 0.896. The summed E-state index contributed by atoms with van der Waals surface area (Å²) in [6.45, 7) is 0. The van der Waals surface area contributed by atoms with E-state index in [1.165, 1.54) is 25.7 Å². The highest BCUT2D eigenvalue weighted by Crippen LogP contribution is 2.46. The van der Waals surface area contributed by atoms with Gasteiger partial charge in [-0.15, -0.1) is 0 Å². The maximum Gasteiger partial charge on any atom is 0.106 e. The summed E-state index contributed by atoms with van der Waals surface area (Å²) in [6, 6.07) is 8.58. The lowest BCUT2D eigenvalue weighted by molar-refractivity contribution is 0.567. The summed E-state index contributed by atoms with van der Waals surface area (Å²) in [7, 11) is 0. The molecule has 2 aromatic rings. The van der Waals surface area contributed by atoms with Crippen LogP contribution in [0.1, 0.15) is 25.7 Å². The fourth-order valence-corrected chi connectivity index (χ4v) is 3.24. The number of nitrogens with one attached hydrogen (secondary N) is 1. The molecule has 1 N–H and O–H groups in total. The van der Waals surface area contributed by atoms with Crippen LogP contribution >= 0.6 is 11.6 Å². The average Bonchev–Trinajstić information content (AvgIpc) is 3.37. The first-order valence-corrected chi connectivity index (χ1v) is 7.76. The maximum absolute atomic E-state index is 6.39. The van der Waals surface area contributed by atoms with Gasteiger partial charge in [0, 0.05) is 18.4 Å². The van der Waals surface area contributed by atoms with Crippen molar-refractivity contribution >= 4 is 17.3 Å². The summed E-state index contributed by atoms with van der Waals surface area (Å²) in [5.74, 6) is 1.71. The van der Waals surface area contributed by atoms with Crippen LogP contribution < -0.4 is 5.32 Å². The molecule has 2 aliphatic rings. The summed E-state index contributed by atoms with van der Waals surface area (Å²) in [5.41, 5.74) is 2.07. The third kappa shape index (κ3) is 2.31. The van der Waals surface area contributed by atoms with E-state index in [0.717, 1.165) is 28.2 Å². The van der Waals surface area contributed by atoms with Crippen molar-refractivity contribution in [2.75, 3.05) is 5.32 Å². The number of para-hydroxylation sites is 1. The van der Waals surface area contributed by atoms with Crippen molar-refractivity contribution in [3.63, 3.8) is 0 Å². The van der Waals surface area contributed by atoms with Crippen molar-refractivity contribution in [1.82, 2.24) is 9.78 Å². The third-order valence-electron chi connectivity index (χ3n) is 4.30. The van der Waals surface area contributed by atoms with Gasteiger partial charge in [-0.2, -0.15) is 5.10 Å². The Balaban J connectivity index is 1.68. The first-order valence-electron chi connectivity index (χ1n) is 7.38. The van der Waals surface area contributed by atoms with E-state index in [4.69, 9.17) is 11.6 Å². The summed E-state index contributed by atoms with van der Waals surface area (Å²) in [4.78, 5) is 0. The monoisotopic (exact) mass is 287 g/mol. The van der Waals surface area contributed by atoms with Crippen LogP contribution in [0.15, 0.2) is 36.7 Å². The van der Waals surface area contributed by atoms with Gasteiger partial charge in [0.15, 0.2) is 0 Å². The zero-order valence-corrected chi connectivity index (χ0v) is 12.1. The van der Waals surface area contributed by atoms with E-state index in [1.54, 1.807) is 6.20 Å². The number of hydrogen-bond acceptors (Lipinski definition) is 2. The normalized spacial score (nSPS) is 18.5. The van der Waals surface area contributed by atoms with Crippen molar-refractivity contribution in [1.29, 1.82) is 0 Å². The molecule has 1 aromatic carbocycles. The van der Waals surface area contributed by atoms with E-state index < -0.39 is 0 Å². The molecule has 0 spiro atoms. The van der Waals surface area contributed by atoms with E-state index in [2.05, 4.69) is 16.5 Å². The van der Waals surface area contributed by atoms with Gasteiger partial charge in [-0.25, -0.2) is 4.68 Å². The molecule has 1 heterocycles. The Labute approximate surface area is 123 Å². The highest BCUT2D eigenvalue weighted by atomic mass is 35.5. The van der Waals surface area contributed by atoms with Crippen molar-refractivity contribution in [2.24, 2.45) is 11.8 Å². The van der Waals surface area contributed by atoms with E-state index >= 15 is 0 Å². The van der Waals surface area contributed by atoms with Gasteiger partial charge in [0.1, 0.15) is 5.69 Å². The Morgan fingerprint density at radius 2 is 1.90 bits per heavy atom. The molecule has 4 heteroatoms. The lowest BCUT2D eigenvalue weighted by Crippen LogP contribution is -2.25. The molecule has 2 saturated carbocycles. The lowest BCUT2D eigenvalue weighted by Gasteiger charge is -2.22. The van der Waals surface area contributed by atoms with Gasteiger partial charge in [0.05, 0.1) is 10.7 Å². The van der Waals surface area contributed by atoms with E-state index in [1.807, 2.05) is 29.1 Å². The van der Waals surface area contributed by atoms with Crippen LogP contribution in [-0.4, -0.2) is 15.8 Å². The molecule has 0 unspecified atom stereocenters. The van der Waals surface area contributed by atoms with Gasteiger partial charge >= 0.3 is 0 Å². The highest BCUT2D eigenvalue weighted by molar-refractivity contribution is 6.33. The number of benzene rings is 1. The molecule has 1 aromatic heterocycles. The summed E-state index contributed by atoms with van der Waals surface area (Å²) in [5, 5.41) is 8.82. The van der Waals surface area contributed by atoms with Crippen LogP contribution in [0.25, 0.3) is 5.69 Å². The zero-order chi connectivity index (χ0) is 13.5. The minimum absolute atomic E-state index is 0.614. The smallest absolute Gasteiger partial charge is 0.106 e. The van der Waals surface area contributed by atoms with E-state index in [-0.39, 0.29) is 0 Å². The Morgan fingerprint density at radius 1 is 1.15 bits per heavy atom. The van der Waals surface area contributed by atoms with E-state index in [9.17, 15) is 0 Å². The molecule has 4 rings (SSSR count). The van der Waals surface area contributed by atoms with Gasteiger partial charge < -0.3 is 5.32 Å². The van der Waals surface area contributed by atoms with Crippen molar-refractivity contribution in [2.45, 2.75) is 31.7 Å². The van der Waals surface area contributed by atoms with Gasteiger partial charge in [-0.3, -0.25) is 0 Å². The van der Waals surface area contributed by atoms with Crippen LogP contribution in [0.5, 0.6) is 0 Å². The summed E-state index contributed by atoms with van der Waals surface area (Å²) in [6.07, 6.45) is 9.19. The lowest BCUT2D eigenvalue weighted by atomic mass is 10.1. The van der Waals surface area contributed by atoms with Crippen LogP contribution in [0.4, 0.5) is 5.69 Å². The Bertz CT molecular complexity index is 588. The van der Waals surface area contributed by atoms with Gasteiger partial charge in [0.25, 0.3) is 0 Å². The summed E-state index contributed by atoms with van der Waals surface area (Å²) >= 11 is 6.39. The zero-order valence-electron chi connectivity index (χ0n) is 11.3. The maximum atomic E-state index is 6.39. The second-order valence-electron chi connectivity index (χ2n) is 5.93. The molecule has 2 aliphatic carbocycles. The number of aromatic nitrogens is 2. The molecule has 2 fully saturated rings. The van der Waals surface area contributed by atoms with Gasteiger partial charge in [0.2, 0.25) is 0 Å². The minimum atomic E-state index is 0.614. The SMILES string of the molecule is Clc1cccc(NC(C2CC2)C2CC2)c1-n1cccn1. The fraction of sp³-hybridized carbons (Fsp3) is 0.438. The Hall–Kier alpha value is -1.48. The predicted octanol–water partition coefficient (Wildman–Crippen LogP) is 4.13. The standard InChI is InChI=1S/C16H18ClN3/c17-13-3-1-4-14(16(13)20-10-2-9-18-20)19-15(11-5-6-11)12-7-8-12/h1-4,9-12,15,19H,5-8H2. The molecule has 0 aliphatic heterocycles. The van der Waals surface area contributed by atoms with Crippen LogP contribution in [0.2, 0.25) is 5.02 Å². The second-order valence-corrected chi connectivity index (χ2v) is 6.34. The molecule has 0 radical (unpaired) electrons. The topological polar surface area (TPSA) is 29.9 Å². The van der Waals surface area contributed by atoms with E-state index in [0.29, 0.717) is 6.04 Å². The van der Waals surface area contributed by atoms with Crippen molar-refractivity contribution < 1.29 is 0 Å². The van der Waals surface area contributed by atoms with Gasteiger partial charge in [-0.1, -0.05) is 17.7 Å². The molecule has 104 valence electrons. The first-order chi connectivity index (χ1) is 9.83. The molecule has 0 bridgehead atoms. The number of hydrogen-bond donors (Lipinski definition) is 1. The molecule has 20 heavy (non-hydrogen) atoms.